The van der Waals surface area contributed by atoms with Crippen molar-refractivity contribution < 1.29 is 0 Å². The van der Waals surface area contributed by atoms with Gasteiger partial charge in [0.25, 0.3) is 0 Å². The minimum atomic E-state index is 0.335. The number of rotatable bonds is 1. The summed E-state index contributed by atoms with van der Waals surface area (Å²) in [7, 11) is 0. The van der Waals surface area contributed by atoms with Gasteiger partial charge in [-0.15, -0.1) is 0 Å². The lowest BCUT2D eigenvalue weighted by molar-refractivity contribution is 0.405. The summed E-state index contributed by atoms with van der Waals surface area (Å²) < 4.78 is 2.40. The van der Waals surface area contributed by atoms with Crippen LogP contribution in [0.15, 0.2) is 6.20 Å². The lowest BCUT2D eigenvalue weighted by atomic mass is 9.98. The van der Waals surface area contributed by atoms with Crippen molar-refractivity contribution in [3.63, 3.8) is 0 Å². The van der Waals surface area contributed by atoms with Crippen LogP contribution in [-0.4, -0.2) is 28.7 Å². The first-order valence-corrected chi connectivity index (χ1v) is 6.35. The Morgan fingerprint density at radius 2 is 2.38 bits per heavy atom. The van der Waals surface area contributed by atoms with Crippen molar-refractivity contribution in [1.29, 1.82) is 0 Å². The molecule has 1 saturated heterocycles. The smallest absolute Gasteiger partial charge is 0.113 e. The molecule has 0 aromatic carbocycles. The molecule has 0 spiro atoms. The second-order valence-electron chi connectivity index (χ2n) is 5.06. The fourth-order valence-electron chi connectivity index (χ4n) is 2.91. The normalized spacial score (nSPS) is 30.1. The average molecular weight is 220 g/mol. The van der Waals surface area contributed by atoms with Crippen LogP contribution in [-0.2, 0) is 13.0 Å². The molecule has 2 aliphatic heterocycles. The molecule has 2 aliphatic rings. The van der Waals surface area contributed by atoms with E-state index < -0.39 is 0 Å². The SMILES string of the molecule is NC1CCn2c(cnc2C2CCCNC2)C1. The third-order valence-electron chi connectivity index (χ3n) is 3.83. The topological polar surface area (TPSA) is 55.9 Å². The van der Waals surface area contributed by atoms with Gasteiger partial charge < -0.3 is 15.6 Å². The van der Waals surface area contributed by atoms with Crippen LogP contribution < -0.4 is 11.1 Å². The monoisotopic (exact) mass is 220 g/mol. The Labute approximate surface area is 96.2 Å². The largest absolute Gasteiger partial charge is 0.332 e. The highest BCUT2D eigenvalue weighted by molar-refractivity contribution is 5.14. The van der Waals surface area contributed by atoms with Crippen molar-refractivity contribution in [2.45, 2.75) is 44.2 Å². The molecule has 0 amide bonds. The van der Waals surface area contributed by atoms with Gasteiger partial charge >= 0.3 is 0 Å². The van der Waals surface area contributed by atoms with E-state index >= 15 is 0 Å². The van der Waals surface area contributed by atoms with Gasteiger partial charge in [-0.05, 0) is 25.8 Å². The lowest BCUT2D eigenvalue weighted by Crippen LogP contribution is -2.33. The summed E-state index contributed by atoms with van der Waals surface area (Å²) in [4.78, 5) is 4.62. The fourth-order valence-corrected chi connectivity index (χ4v) is 2.91. The molecule has 3 rings (SSSR count). The zero-order valence-corrected chi connectivity index (χ0v) is 9.65. The van der Waals surface area contributed by atoms with E-state index in [2.05, 4.69) is 14.9 Å². The van der Waals surface area contributed by atoms with Gasteiger partial charge in [0.1, 0.15) is 5.82 Å². The summed E-state index contributed by atoms with van der Waals surface area (Å²) in [6, 6.07) is 0.335. The van der Waals surface area contributed by atoms with E-state index in [1.807, 2.05) is 6.20 Å². The lowest BCUT2D eigenvalue weighted by Gasteiger charge is -2.27. The first-order chi connectivity index (χ1) is 7.84. The number of hydrogen-bond donors (Lipinski definition) is 2. The van der Waals surface area contributed by atoms with Crippen LogP contribution in [0.25, 0.3) is 0 Å². The van der Waals surface area contributed by atoms with E-state index in [9.17, 15) is 0 Å². The van der Waals surface area contributed by atoms with E-state index in [1.54, 1.807) is 0 Å². The summed E-state index contributed by atoms with van der Waals surface area (Å²) in [6.45, 7) is 3.31. The Hall–Kier alpha value is -0.870. The van der Waals surface area contributed by atoms with Crippen molar-refractivity contribution in [3.05, 3.63) is 17.7 Å². The molecule has 88 valence electrons. The van der Waals surface area contributed by atoms with E-state index in [1.165, 1.54) is 24.4 Å². The molecule has 16 heavy (non-hydrogen) atoms. The van der Waals surface area contributed by atoms with Gasteiger partial charge in [0, 0.05) is 43.4 Å². The maximum absolute atomic E-state index is 5.98. The maximum atomic E-state index is 5.98. The zero-order valence-electron chi connectivity index (χ0n) is 9.65. The first-order valence-electron chi connectivity index (χ1n) is 6.35. The third kappa shape index (κ3) is 1.76. The summed E-state index contributed by atoms with van der Waals surface area (Å²) >= 11 is 0. The number of nitrogens with zero attached hydrogens (tertiary/aromatic N) is 2. The average Bonchev–Trinajstić information content (AvgIpc) is 2.73. The van der Waals surface area contributed by atoms with Crippen molar-refractivity contribution in [3.8, 4) is 0 Å². The van der Waals surface area contributed by atoms with Crippen molar-refractivity contribution in [1.82, 2.24) is 14.9 Å². The quantitative estimate of drug-likeness (QED) is 0.729. The van der Waals surface area contributed by atoms with Crippen LogP contribution in [0.1, 0.15) is 36.7 Å². The van der Waals surface area contributed by atoms with Crippen LogP contribution >= 0.6 is 0 Å². The Bertz CT molecular complexity index is 365. The van der Waals surface area contributed by atoms with Gasteiger partial charge in [-0.1, -0.05) is 0 Å². The molecular formula is C12H20N4. The second kappa shape index (κ2) is 4.18. The van der Waals surface area contributed by atoms with E-state index in [-0.39, 0.29) is 0 Å². The number of piperidine rings is 1. The van der Waals surface area contributed by atoms with Gasteiger partial charge in [0.15, 0.2) is 0 Å². The third-order valence-corrected chi connectivity index (χ3v) is 3.83. The Morgan fingerprint density at radius 1 is 1.44 bits per heavy atom. The highest BCUT2D eigenvalue weighted by Gasteiger charge is 2.24. The number of hydrogen-bond acceptors (Lipinski definition) is 3. The molecule has 1 aromatic heterocycles. The van der Waals surface area contributed by atoms with E-state index in [0.29, 0.717) is 12.0 Å². The summed E-state index contributed by atoms with van der Waals surface area (Å²) in [6.07, 6.45) is 6.66. The van der Waals surface area contributed by atoms with Crippen LogP contribution in [0.5, 0.6) is 0 Å². The number of fused-ring (bicyclic) bond motifs is 1. The standard InChI is InChI=1S/C12H20N4/c13-10-3-5-16-11(6-10)8-15-12(16)9-2-1-4-14-7-9/h8-10,14H,1-7,13H2. The minimum Gasteiger partial charge on any atom is -0.332 e. The van der Waals surface area contributed by atoms with E-state index in [4.69, 9.17) is 5.73 Å². The zero-order chi connectivity index (χ0) is 11.0. The fraction of sp³-hybridized carbons (Fsp3) is 0.750. The molecule has 3 N–H and O–H groups in total. The highest BCUT2D eigenvalue weighted by Crippen LogP contribution is 2.26. The first kappa shape index (κ1) is 10.3. The van der Waals surface area contributed by atoms with Gasteiger partial charge in [-0.2, -0.15) is 0 Å². The van der Waals surface area contributed by atoms with Crippen molar-refractivity contribution in [2.75, 3.05) is 13.1 Å². The molecule has 4 heteroatoms. The Kier molecular flexibility index (Phi) is 2.69. The molecule has 3 heterocycles. The minimum absolute atomic E-state index is 0.335. The second-order valence-corrected chi connectivity index (χ2v) is 5.06. The van der Waals surface area contributed by atoms with Crippen LogP contribution in [0.3, 0.4) is 0 Å². The van der Waals surface area contributed by atoms with Gasteiger partial charge in [-0.25, -0.2) is 4.98 Å². The van der Waals surface area contributed by atoms with Crippen LogP contribution in [0.2, 0.25) is 0 Å². The van der Waals surface area contributed by atoms with Gasteiger partial charge in [0.2, 0.25) is 0 Å². The summed E-state index contributed by atoms with van der Waals surface area (Å²) in [5, 5.41) is 3.46. The molecule has 4 nitrogen and oxygen atoms in total. The van der Waals surface area contributed by atoms with Crippen molar-refractivity contribution >= 4 is 0 Å². The molecule has 2 unspecified atom stereocenters. The molecular weight excluding hydrogens is 200 g/mol. The van der Waals surface area contributed by atoms with E-state index in [0.717, 1.165) is 32.5 Å². The molecule has 1 aromatic rings. The molecule has 0 bridgehead atoms. The predicted octanol–water partition coefficient (Wildman–Crippen LogP) is 0.624. The number of nitrogens with one attached hydrogen (secondary N) is 1. The van der Waals surface area contributed by atoms with Crippen molar-refractivity contribution in [2.24, 2.45) is 5.73 Å². The highest BCUT2D eigenvalue weighted by atomic mass is 15.1. The van der Waals surface area contributed by atoms with Gasteiger partial charge in [0.05, 0.1) is 0 Å². The number of nitrogens with two attached hydrogens (primary N) is 1. The molecule has 2 atom stereocenters. The number of imidazole rings is 1. The van der Waals surface area contributed by atoms with Gasteiger partial charge in [-0.3, -0.25) is 0 Å². The Morgan fingerprint density at radius 3 is 3.19 bits per heavy atom. The maximum Gasteiger partial charge on any atom is 0.113 e. The molecule has 0 aliphatic carbocycles. The Balaban J connectivity index is 1.85. The molecule has 0 radical (unpaired) electrons. The van der Waals surface area contributed by atoms with Crippen LogP contribution in [0.4, 0.5) is 0 Å². The molecule has 0 saturated carbocycles. The number of aromatic nitrogens is 2. The predicted molar refractivity (Wildman–Crippen MR) is 63.4 cm³/mol. The summed E-state index contributed by atoms with van der Waals surface area (Å²) in [5.74, 6) is 1.89. The van der Waals surface area contributed by atoms with Crippen LogP contribution in [0, 0.1) is 0 Å². The summed E-state index contributed by atoms with van der Waals surface area (Å²) in [5.41, 5.74) is 7.32. The molecule has 1 fully saturated rings.